The standard InChI is InChI=1S/C10H12F3NO4/c11-10(12,13)9(18)1-2-14(4-9)7(15)5-3-6(5)8(16)17/h5-6,18H,1-4H2,(H,16,17)/t5-,6+,9+/m0/s1. The van der Waals surface area contributed by atoms with E-state index in [9.17, 15) is 27.9 Å². The molecule has 8 heteroatoms. The van der Waals surface area contributed by atoms with E-state index >= 15 is 0 Å². The monoisotopic (exact) mass is 267 g/mol. The lowest BCUT2D eigenvalue weighted by molar-refractivity contribution is -0.253. The van der Waals surface area contributed by atoms with Crippen LogP contribution >= 0.6 is 0 Å². The summed E-state index contributed by atoms with van der Waals surface area (Å²) in [5.74, 6) is -3.25. The number of likely N-dealkylation sites (tertiary alicyclic amines) is 1. The van der Waals surface area contributed by atoms with Crippen molar-refractivity contribution in [3.63, 3.8) is 0 Å². The van der Waals surface area contributed by atoms with Crippen LogP contribution in [0.1, 0.15) is 12.8 Å². The average Bonchev–Trinajstić information content (AvgIpc) is 2.93. The summed E-state index contributed by atoms with van der Waals surface area (Å²) in [7, 11) is 0. The number of halogens is 3. The number of aliphatic hydroxyl groups is 1. The second kappa shape index (κ2) is 3.84. The molecule has 0 radical (unpaired) electrons. The molecule has 102 valence electrons. The molecule has 0 aromatic carbocycles. The minimum absolute atomic E-state index is 0.162. The Bertz CT molecular complexity index is 397. The molecule has 0 unspecified atom stereocenters. The predicted octanol–water partition coefficient (Wildman–Crippen LogP) is 0.233. The maximum absolute atomic E-state index is 12.5. The van der Waals surface area contributed by atoms with Crippen molar-refractivity contribution in [1.82, 2.24) is 4.90 Å². The largest absolute Gasteiger partial charge is 0.481 e. The Balaban J connectivity index is 1.98. The van der Waals surface area contributed by atoms with Crippen LogP contribution < -0.4 is 0 Å². The summed E-state index contributed by atoms with van der Waals surface area (Å²) >= 11 is 0. The molecule has 2 fully saturated rings. The quantitative estimate of drug-likeness (QED) is 0.751. The second-order valence-electron chi connectivity index (χ2n) is 4.83. The zero-order chi connectivity index (χ0) is 13.7. The predicted molar refractivity (Wildman–Crippen MR) is 51.4 cm³/mol. The SMILES string of the molecule is O=C(O)[C@@H]1C[C@@H]1C(=O)N1CC[C@](O)(C(F)(F)F)C1. The first-order chi connectivity index (χ1) is 8.16. The first kappa shape index (κ1) is 13.1. The van der Waals surface area contributed by atoms with Crippen LogP contribution in [0.3, 0.4) is 0 Å². The minimum atomic E-state index is -4.78. The van der Waals surface area contributed by atoms with Crippen LogP contribution in [-0.4, -0.2) is 51.9 Å². The Hall–Kier alpha value is -1.31. The van der Waals surface area contributed by atoms with Gasteiger partial charge < -0.3 is 15.1 Å². The molecule has 1 saturated heterocycles. The third-order valence-corrected chi connectivity index (χ3v) is 3.51. The lowest BCUT2D eigenvalue weighted by Gasteiger charge is -2.25. The molecule has 2 N–H and O–H groups in total. The molecule has 0 aromatic rings. The Morgan fingerprint density at radius 2 is 1.89 bits per heavy atom. The average molecular weight is 267 g/mol. The number of rotatable bonds is 2. The Labute approximate surface area is 100 Å². The van der Waals surface area contributed by atoms with Gasteiger partial charge in [0.1, 0.15) is 0 Å². The number of carbonyl (C=O) groups is 2. The van der Waals surface area contributed by atoms with Gasteiger partial charge in [-0.2, -0.15) is 13.2 Å². The van der Waals surface area contributed by atoms with Gasteiger partial charge in [-0.25, -0.2) is 0 Å². The Morgan fingerprint density at radius 1 is 1.28 bits per heavy atom. The maximum atomic E-state index is 12.5. The molecule has 5 nitrogen and oxygen atoms in total. The normalized spacial score (nSPS) is 35.7. The molecule has 0 bridgehead atoms. The van der Waals surface area contributed by atoms with E-state index in [-0.39, 0.29) is 13.0 Å². The fourth-order valence-electron chi connectivity index (χ4n) is 2.19. The van der Waals surface area contributed by atoms with Crippen LogP contribution in [0.4, 0.5) is 13.2 Å². The molecule has 0 spiro atoms. The third-order valence-electron chi connectivity index (χ3n) is 3.51. The van der Waals surface area contributed by atoms with Gasteiger partial charge in [-0.15, -0.1) is 0 Å². The number of amides is 1. The zero-order valence-electron chi connectivity index (χ0n) is 9.28. The second-order valence-corrected chi connectivity index (χ2v) is 4.83. The van der Waals surface area contributed by atoms with Crippen molar-refractivity contribution in [3.05, 3.63) is 0 Å². The highest BCUT2D eigenvalue weighted by atomic mass is 19.4. The molecule has 2 rings (SSSR count). The molecular formula is C10H12F3NO4. The molecular weight excluding hydrogens is 255 g/mol. The van der Waals surface area contributed by atoms with Crippen LogP contribution in [0.25, 0.3) is 0 Å². The number of β-amino-alcohol motifs (C(OH)–C–C–N with tert-alkyl or cyclic N) is 1. The van der Waals surface area contributed by atoms with Crippen molar-refractivity contribution >= 4 is 11.9 Å². The molecule has 18 heavy (non-hydrogen) atoms. The van der Waals surface area contributed by atoms with E-state index in [0.29, 0.717) is 0 Å². The number of hydrogen-bond donors (Lipinski definition) is 2. The summed E-state index contributed by atoms with van der Waals surface area (Å²) < 4.78 is 37.6. The number of carboxylic acids is 1. The highest BCUT2D eigenvalue weighted by Gasteiger charge is 2.59. The summed E-state index contributed by atoms with van der Waals surface area (Å²) in [6.45, 7) is -1.00. The summed E-state index contributed by atoms with van der Waals surface area (Å²) in [6, 6.07) is 0. The van der Waals surface area contributed by atoms with Gasteiger partial charge in [0.05, 0.1) is 18.4 Å². The summed E-state index contributed by atoms with van der Waals surface area (Å²) in [5.41, 5.74) is -2.86. The van der Waals surface area contributed by atoms with E-state index in [1.54, 1.807) is 0 Å². The molecule has 1 heterocycles. The lowest BCUT2D eigenvalue weighted by atomic mass is 10.0. The number of carbonyl (C=O) groups excluding carboxylic acids is 1. The van der Waals surface area contributed by atoms with Crippen LogP contribution in [0.2, 0.25) is 0 Å². The fraction of sp³-hybridized carbons (Fsp3) is 0.800. The Kier molecular flexibility index (Phi) is 2.80. The molecule has 2 aliphatic rings. The van der Waals surface area contributed by atoms with E-state index in [2.05, 4.69) is 0 Å². The van der Waals surface area contributed by atoms with Gasteiger partial charge in [0.15, 0.2) is 5.60 Å². The van der Waals surface area contributed by atoms with Gasteiger partial charge in [0, 0.05) is 13.0 Å². The number of aliphatic carboxylic acids is 1. The maximum Gasteiger partial charge on any atom is 0.419 e. The van der Waals surface area contributed by atoms with E-state index < -0.39 is 48.5 Å². The first-order valence-electron chi connectivity index (χ1n) is 5.46. The number of nitrogens with zero attached hydrogens (tertiary/aromatic N) is 1. The van der Waals surface area contributed by atoms with Crippen molar-refractivity contribution in [2.45, 2.75) is 24.6 Å². The topological polar surface area (TPSA) is 77.8 Å². The minimum Gasteiger partial charge on any atom is -0.481 e. The lowest BCUT2D eigenvalue weighted by Crippen LogP contribution is -2.48. The Morgan fingerprint density at radius 3 is 2.28 bits per heavy atom. The summed E-state index contributed by atoms with van der Waals surface area (Å²) in [4.78, 5) is 23.2. The smallest absolute Gasteiger partial charge is 0.419 e. The van der Waals surface area contributed by atoms with Crippen LogP contribution in [0.15, 0.2) is 0 Å². The van der Waals surface area contributed by atoms with Gasteiger partial charge in [0.25, 0.3) is 0 Å². The van der Waals surface area contributed by atoms with Crippen LogP contribution in [0, 0.1) is 11.8 Å². The fourth-order valence-corrected chi connectivity index (χ4v) is 2.19. The van der Waals surface area contributed by atoms with Crippen molar-refractivity contribution in [2.24, 2.45) is 11.8 Å². The first-order valence-corrected chi connectivity index (χ1v) is 5.46. The van der Waals surface area contributed by atoms with Gasteiger partial charge in [-0.3, -0.25) is 9.59 Å². The highest BCUT2D eigenvalue weighted by molar-refractivity contribution is 5.89. The van der Waals surface area contributed by atoms with Crippen LogP contribution in [0.5, 0.6) is 0 Å². The van der Waals surface area contributed by atoms with Crippen molar-refractivity contribution < 1.29 is 33.0 Å². The van der Waals surface area contributed by atoms with Gasteiger partial charge in [-0.1, -0.05) is 0 Å². The van der Waals surface area contributed by atoms with Gasteiger partial charge in [0.2, 0.25) is 5.91 Å². The molecule has 3 atom stereocenters. The third kappa shape index (κ3) is 2.05. The molecule has 1 aliphatic heterocycles. The number of hydrogen-bond acceptors (Lipinski definition) is 3. The molecule has 1 aliphatic carbocycles. The molecule has 1 saturated carbocycles. The van der Waals surface area contributed by atoms with Crippen molar-refractivity contribution in [3.8, 4) is 0 Å². The number of carboxylic acid groups (broad SMARTS) is 1. The van der Waals surface area contributed by atoms with Crippen molar-refractivity contribution in [2.75, 3.05) is 13.1 Å². The zero-order valence-corrected chi connectivity index (χ0v) is 9.28. The van der Waals surface area contributed by atoms with Crippen molar-refractivity contribution in [1.29, 1.82) is 0 Å². The van der Waals surface area contributed by atoms with E-state index in [1.165, 1.54) is 0 Å². The van der Waals surface area contributed by atoms with Gasteiger partial charge >= 0.3 is 12.1 Å². The van der Waals surface area contributed by atoms with E-state index in [4.69, 9.17) is 5.11 Å². The van der Waals surface area contributed by atoms with E-state index in [1.807, 2.05) is 0 Å². The summed E-state index contributed by atoms with van der Waals surface area (Å²) in [5, 5.41) is 18.0. The molecule has 0 aromatic heterocycles. The van der Waals surface area contributed by atoms with Gasteiger partial charge in [-0.05, 0) is 6.42 Å². The molecule has 1 amide bonds. The summed E-state index contributed by atoms with van der Waals surface area (Å²) in [6.07, 6.45) is -5.18. The van der Waals surface area contributed by atoms with Crippen LogP contribution in [-0.2, 0) is 9.59 Å². The van der Waals surface area contributed by atoms with E-state index in [0.717, 1.165) is 4.90 Å². The highest BCUT2D eigenvalue weighted by Crippen LogP contribution is 2.43. The number of alkyl halides is 3.